The molecule has 6 heteroatoms. The van der Waals surface area contributed by atoms with Crippen LogP contribution >= 0.6 is 0 Å². The van der Waals surface area contributed by atoms with Crippen molar-refractivity contribution in [3.05, 3.63) is 17.5 Å². The second-order valence-corrected chi connectivity index (χ2v) is 3.82. The Kier molecular flexibility index (Phi) is 4.72. The van der Waals surface area contributed by atoms with Crippen molar-refractivity contribution in [2.75, 3.05) is 0 Å². The minimum Gasteiger partial charge on any atom is -0.303 e. The molecule has 96 valence electrons. The summed E-state index contributed by atoms with van der Waals surface area (Å²) < 4.78 is 37.9. The van der Waals surface area contributed by atoms with Crippen LogP contribution in [0.15, 0.2) is 6.07 Å². The van der Waals surface area contributed by atoms with E-state index in [0.29, 0.717) is 18.4 Å². The Morgan fingerprint density at radius 2 is 2.12 bits per heavy atom. The van der Waals surface area contributed by atoms with Gasteiger partial charge in [-0.15, -0.1) is 13.2 Å². The highest BCUT2D eigenvalue weighted by atomic mass is 19.4. The predicted octanol–water partition coefficient (Wildman–Crippen LogP) is 2.83. The zero-order valence-corrected chi connectivity index (χ0v) is 9.63. The first-order chi connectivity index (χ1) is 7.99. The Labute approximate surface area is 97.6 Å². The van der Waals surface area contributed by atoms with Crippen LogP contribution in [0.4, 0.5) is 13.2 Å². The average molecular weight is 248 g/mol. The van der Waals surface area contributed by atoms with Crippen LogP contribution in [0.3, 0.4) is 0 Å². The normalized spacial score (nSPS) is 11.8. The van der Waals surface area contributed by atoms with Crippen molar-refractivity contribution in [2.45, 2.75) is 45.3 Å². The second-order valence-electron chi connectivity index (χ2n) is 3.82. The molecular weight excluding hydrogens is 233 g/mol. The van der Waals surface area contributed by atoms with E-state index in [4.69, 9.17) is 0 Å². The lowest BCUT2D eigenvalue weighted by Crippen LogP contribution is -2.21. The summed E-state index contributed by atoms with van der Waals surface area (Å²) in [7, 11) is 0. The fourth-order valence-electron chi connectivity index (χ4n) is 1.56. The quantitative estimate of drug-likeness (QED) is 0.725. The topological polar surface area (TPSA) is 34.9 Å². The summed E-state index contributed by atoms with van der Waals surface area (Å²) >= 11 is 0. The summed E-state index contributed by atoms with van der Waals surface area (Å²) in [4.78, 5) is 10.2. The fraction of sp³-hybridized carbons (Fsp3) is 0.636. The lowest BCUT2D eigenvalue weighted by molar-refractivity contribution is -0.214. The van der Waals surface area contributed by atoms with E-state index in [2.05, 4.69) is 5.10 Å². The Morgan fingerprint density at radius 3 is 2.65 bits per heavy atom. The highest BCUT2D eigenvalue weighted by Gasteiger charge is 2.34. The Bertz CT molecular complexity index is 371. The van der Waals surface area contributed by atoms with Crippen LogP contribution < -0.4 is 0 Å². The molecule has 1 aromatic heterocycles. The molecule has 0 aliphatic heterocycles. The minimum atomic E-state index is -4.51. The molecule has 0 saturated heterocycles. The van der Waals surface area contributed by atoms with E-state index in [1.807, 2.05) is 6.92 Å². The molecular formula is C11H15F3N2O. The zero-order chi connectivity index (χ0) is 12.9. The maximum absolute atomic E-state index is 12.6. The minimum absolute atomic E-state index is 0.0516. The van der Waals surface area contributed by atoms with Crippen molar-refractivity contribution < 1.29 is 18.0 Å². The lowest BCUT2D eigenvalue weighted by atomic mass is 10.2. The van der Waals surface area contributed by atoms with Gasteiger partial charge in [0.1, 0.15) is 6.29 Å². The molecule has 0 spiro atoms. The summed E-state index contributed by atoms with van der Waals surface area (Å²) in [6.07, 6.45) is -1.50. The molecule has 1 rings (SSSR count). The molecule has 0 bridgehead atoms. The highest BCUT2D eigenvalue weighted by Crippen LogP contribution is 2.25. The first-order valence-electron chi connectivity index (χ1n) is 5.57. The van der Waals surface area contributed by atoms with Gasteiger partial charge in [0.2, 0.25) is 0 Å². The first kappa shape index (κ1) is 13.7. The number of carbonyl (C=O) groups is 1. The van der Waals surface area contributed by atoms with Gasteiger partial charge in [-0.3, -0.25) is 0 Å². The number of aromatic nitrogens is 2. The molecule has 0 aliphatic rings. The maximum Gasteiger partial charge on any atom is 0.504 e. The van der Waals surface area contributed by atoms with E-state index in [1.54, 1.807) is 0 Å². The molecule has 1 heterocycles. The summed E-state index contributed by atoms with van der Waals surface area (Å²) in [6, 6.07) is 1.44. The van der Waals surface area contributed by atoms with E-state index in [1.165, 1.54) is 6.07 Å². The smallest absolute Gasteiger partial charge is 0.303 e. The number of halogens is 3. The Morgan fingerprint density at radius 1 is 1.41 bits per heavy atom. The molecule has 0 N–H and O–H groups in total. The van der Waals surface area contributed by atoms with Gasteiger partial charge in [0.25, 0.3) is 0 Å². The van der Waals surface area contributed by atoms with Gasteiger partial charge in [-0.1, -0.05) is 13.3 Å². The Hall–Kier alpha value is -1.33. The zero-order valence-electron chi connectivity index (χ0n) is 9.63. The van der Waals surface area contributed by atoms with Crippen LogP contribution in [0.25, 0.3) is 0 Å². The number of aldehydes is 1. The Balaban J connectivity index is 2.90. The van der Waals surface area contributed by atoms with E-state index in [-0.39, 0.29) is 23.2 Å². The second kappa shape index (κ2) is 5.84. The van der Waals surface area contributed by atoms with E-state index in [9.17, 15) is 18.0 Å². The average Bonchev–Trinajstić information content (AvgIpc) is 2.66. The van der Waals surface area contributed by atoms with Crippen LogP contribution in [0.1, 0.15) is 37.6 Å². The van der Waals surface area contributed by atoms with E-state index < -0.39 is 6.30 Å². The van der Waals surface area contributed by atoms with Gasteiger partial charge >= 0.3 is 6.30 Å². The summed E-state index contributed by atoms with van der Waals surface area (Å²) in [6.45, 7) is 1.97. The standard InChI is InChI=1S/C11H15F3N2O/c1-2-3-5-9-8-10(6-4-7-17)16(15-9)11(12,13)14/h7-8H,2-6H2,1H3. The molecule has 0 unspecified atom stereocenters. The molecule has 0 fully saturated rings. The van der Waals surface area contributed by atoms with Crippen LogP contribution in [0.2, 0.25) is 0 Å². The lowest BCUT2D eigenvalue weighted by Gasteiger charge is -2.09. The van der Waals surface area contributed by atoms with E-state index >= 15 is 0 Å². The van der Waals surface area contributed by atoms with Crippen LogP contribution in [-0.4, -0.2) is 16.1 Å². The third-order valence-electron chi connectivity index (χ3n) is 2.38. The number of hydrogen-bond acceptors (Lipinski definition) is 2. The number of nitrogens with zero attached hydrogens (tertiary/aromatic N) is 2. The molecule has 0 aromatic carbocycles. The van der Waals surface area contributed by atoms with Crippen LogP contribution in [-0.2, 0) is 23.9 Å². The van der Waals surface area contributed by atoms with Gasteiger partial charge in [0.15, 0.2) is 0 Å². The number of rotatable bonds is 6. The molecule has 0 radical (unpaired) electrons. The van der Waals surface area contributed by atoms with Gasteiger partial charge in [-0.05, 0) is 25.3 Å². The summed E-state index contributed by atoms with van der Waals surface area (Å²) in [5.74, 6) is 0. The SMILES string of the molecule is CCCCc1cc(CCC=O)n(C(F)(F)F)n1. The fourth-order valence-corrected chi connectivity index (χ4v) is 1.56. The third kappa shape index (κ3) is 3.87. The van der Waals surface area contributed by atoms with Crippen molar-refractivity contribution >= 4 is 6.29 Å². The van der Waals surface area contributed by atoms with Gasteiger partial charge in [-0.25, -0.2) is 0 Å². The summed E-state index contributed by atoms with van der Waals surface area (Å²) in [5.41, 5.74) is 0.487. The first-order valence-corrected chi connectivity index (χ1v) is 5.57. The van der Waals surface area contributed by atoms with Crippen molar-refractivity contribution in [1.82, 2.24) is 9.78 Å². The number of hydrogen-bond donors (Lipinski definition) is 0. The van der Waals surface area contributed by atoms with E-state index in [0.717, 1.165) is 12.8 Å². The van der Waals surface area contributed by atoms with Crippen molar-refractivity contribution in [2.24, 2.45) is 0 Å². The number of carbonyl (C=O) groups excluding carboxylic acids is 1. The third-order valence-corrected chi connectivity index (χ3v) is 2.38. The van der Waals surface area contributed by atoms with Gasteiger partial charge in [0.05, 0.1) is 5.69 Å². The van der Waals surface area contributed by atoms with Crippen molar-refractivity contribution in [3.63, 3.8) is 0 Å². The summed E-state index contributed by atoms with van der Waals surface area (Å²) in [5, 5.41) is 3.55. The highest BCUT2D eigenvalue weighted by molar-refractivity contribution is 5.49. The molecule has 1 aromatic rings. The number of unbranched alkanes of at least 4 members (excludes halogenated alkanes) is 1. The van der Waals surface area contributed by atoms with Crippen LogP contribution in [0, 0.1) is 0 Å². The predicted molar refractivity (Wildman–Crippen MR) is 56.5 cm³/mol. The van der Waals surface area contributed by atoms with Gasteiger partial charge in [0, 0.05) is 12.1 Å². The molecule has 0 amide bonds. The monoisotopic (exact) mass is 248 g/mol. The molecule has 0 atom stereocenters. The number of aryl methyl sites for hydroxylation is 2. The molecule has 0 aliphatic carbocycles. The van der Waals surface area contributed by atoms with Gasteiger partial charge < -0.3 is 4.79 Å². The van der Waals surface area contributed by atoms with Crippen LogP contribution in [0.5, 0.6) is 0 Å². The largest absolute Gasteiger partial charge is 0.504 e. The molecule has 0 saturated carbocycles. The van der Waals surface area contributed by atoms with Crippen molar-refractivity contribution in [1.29, 1.82) is 0 Å². The van der Waals surface area contributed by atoms with Crippen molar-refractivity contribution in [3.8, 4) is 0 Å². The number of alkyl halides is 3. The van der Waals surface area contributed by atoms with Gasteiger partial charge in [-0.2, -0.15) is 9.78 Å². The maximum atomic E-state index is 12.6. The molecule has 3 nitrogen and oxygen atoms in total. The molecule has 17 heavy (non-hydrogen) atoms.